The summed E-state index contributed by atoms with van der Waals surface area (Å²) in [6.07, 6.45) is 1.45. The summed E-state index contributed by atoms with van der Waals surface area (Å²) >= 11 is 1.42. The molecule has 0 fully saturated rings. The number of carbonyl (C=O) groups excluding carboxylic acids is 1. The van der Waals surface area contributed by atoms with Crippen LogP contribution in [0.3, 0.4) is 0 Å². The zero-order valence-electron chi connectivity index (χ0n) is 16.5. The highest BCUT2D eigenvalue weighted by Crippen LogP contribution is 2.23. The number of nitrogens with zero attached hydrogens (tertiary/aromatic N) is 4. The van der Waals surface area contributed by atoms with Gasteiger partial charge in [-0.15, -0.1) is 10.2 Å². The van der Waals surface area contributed by atoms with Crippen molar-refractivity contribution in [1.29, 1.82) is 0 Å². The van der Waals surface area contributed by atoms with E-state index in [0.29, 0.717) is 40.0 Å². The van der Waals surface area contributed by atoms with Crippen LogP contribution in [0, 0.1) is 0 Å². The largest absolute Gasteiger partial charge is 0.459 e. The Kier molecular flexibility index (Phi) is 5.66. The second-order valence-corrected chi connectivity index (χ2v) is 7.52. The molecule has 2 N–H and O–H groups in total. The molecule has 0 saturated heterocycles. The van der Waals surface area contributed by atoms with Crippen LogP contribution in [0.2, 0.25) is 0 Å². The Morgan fingerprint density at radius 2 is 2.10 bits per heavy atom. The van der Waals surface area contributed by atoms with Gasteiger partial charge in [0.15, 0.2) is 16.7 Å². The van der Waals surface area contributed by atoms with Crippen molar-refractivity contribution < 1.29 is 9.21 Å². The van der Waals surface area contributed by atoms with Crippen molar-refractivity contribution in [3.63, 3.8) is 0 Å². The van der Waals surface area contributed by atoms with Gasteiger partial charge in [-0.2, -0.15) is 0 Å². The van der Waals surface area contributed by atoms with Crippen LogP contribution >= 0.6 is 11.8 Å². The lowest BCUT2D eigenvalue weighted by atomic mass is 10.2. The summed E-state index contributed by atoms with van der Waals surface area (Å²) < 4.78 is 7.05. The second kappa shape index (κ2) is 8.54. The molecule has 0 radical (unpaired) electrons. The Hall–Kier alpha value is -3.40. The van der Waals surface area contributed by atoms with Crippen LogP contribution in [0.1, 0.15) is 42.1 Å². The maximum atomic E-state index is 12.2. The topological polar surface area (TPSA) is 119 Å². The predicted molar refractivity (Wildman–Crippen MR) is 112 cm³/mol. The van der Waals surface area contributed by atoms with Gasteiger partial charge in [-0.3, -0.25) is 9.59 Å². The molecule has 4 rings (SSSR count). The highest BCUT2D eigenvalue weighted by atomic mass is 32.2. The summed E-state index contributed by atoms with van der Waals surface area (Å²) in [5.74, 6) is 1.57. The monoisotopic (exact) mass is 424 g/mol. The van der Waals surface area contributed by atoms with E-state index in [2.05, 4.69) is 25.5 Å². The number of amides is 1. The van der Waals surface area contributed by atoms with E-state index in [9.17, 15) is 9.59 Å². The molecule has 1 amide bonds. The van der Waals surface area contributed by atoms with Crippen molar-refractivity contribution in [1.82, 2.24) is 30.0 Å². The van der Waals surface area contributed by atoms with Crippen LogP contribution in [-0.4, -0.2) is 30.6 Å². The highest BCUT2D eigenvalue weighted by molar-refractivity contribution is 7.98. The number of fused-ring (bicyclic) bond motifs is 1. The van der Waals surface area contributed by atoms with Gasteiger partial charge in [0.05, 0.1) is 29.0 Å². The molecule has 1 atom stereocenters. The molecular weight excluding hydrogens is 404 g/mol. The third kappa shape index (κ3) is 3.99. The van der Waals surface area contributed by atoms with E-state index >= 15 is 0 Å². The number of rotatable bonds is 7. The van der Waals surface area contributed by atoms with Gasteiger partial charge in [-0.05, 0) is 38.1 Å². The molecule has 0 bridgehead atoms. The summed E-state index contributed by atoms with van der Waals surface area (Å²) in [4.78, 5) is 31.8. The highest BCUT2D eigenvalue weighted by Gasteiger charge is 2.20. The molecule has 30 heavy (non-hydrogen) atoms. The molecule has 3 heterocycles. The van der Waals surface area contributed by atoms with Crippen LogP contribution in [-0.2, 0) is 12.3 Å². The number of furan rings is 1. The Labute approximate surface area is 175 Å². The summed E-state index contributed by atoms with van der Waals surface area (Å²) in [7, 11) is 0. The lowest BCUT2D eigenvalue weighted by Gasteiger charge is -2.14. The van der Waals surface area contributed by atoms with E-state index in [1.54, 1.807) is 18.2 Å². The first-order valence-electron chi connectivity index (χ1n) is 9.45. The smallest absolute Gasteiger partial charge is 0.287 e. The van der Waals surface area contributed by atoms with Gasteiger partial charge in [0.1, 0.15) is 5.82 Å². The van der Waals surface area contributed by atoms with Crippen LogP contribution in [0.4, 0.5) is 0 Å². The first-order valence-corrected chi connectivity index (χ1v) is 10.4. The quantitative estimate of drug-likeness (QED) is 0.438. The minimum Gasteiger partial charge on any atom is -0.459 e. The number of nitrogens with one attached hydrogen (secondary N) is 2. The molecule has 0 aliphatic heterocycles. The first kappa shape index (κ1) is 19.9. The molecule has 1 aromatic carbocycles. The number of aromatic amines is 1. The predicted octanol–water partition coefficient (Wildman–Crippen LogP) is 2.91. The molecule has 0 saturated carbocycles. The molecular formula is C20H20N6O3S. The molecule has 0 spiro atoms. The van der Waals surface area contributed by atoms with Crippen LogP contribution < -0.4 is 10.9 Å². The van der Waals surface area contributed by atoms with E-state index in [0.717, 1.165) is 0 Å². The molecule has 10 heteroatoms. The van der Waals surface area contributed by atoms with Crippen LogP contribution in [0.15, 0.2) is 57.0 Å². The fourth-order valence-electron chi connectivity index (χ4n) is 3.10. The number of thioether (sulfide) groups is 1. The summed E-state index contributed by atoms with van der Waals surface area (Å²) in [6, 6.07) is 10.1. The molecule has 0 aliphatic carbocycles. The minimum absolute atomic E-state index is 0.164. The van der Waals surface area contributed by atoms with Gasteiger partial charge in [-0.25, -0.2) is 4.98 Å². The van der Waals surface area contributed by atoms with Gasteiger partial charge in [0.25, 0.3) is 11.5 Å². The van der Waals surface area contributed by atoms with Crippen molar-refractivity contribution >= 4 is 28.6 Å². The van der Waals surface area contributed by atoms with E-state index in [4.69, 9.17) is 4.42 Å². The maximum Gasteiger partial charge on any atom is 0.287 e. The third-order valence-corrected chi connectivity index (χ3v) is 5.52. The lowest BCUT2D eigenvalue weighted by molar-refractivity contribution is 0.0909. The Bertz CT molecular complexity index is 1230. The maximum absolute atomic E-state index is 12.2. The standard InChI is InChI=1S/C20H20N6O3S/c1-3-26-17(12(2)21-19(28)15-9-6-10-29-15)24-25-20(26)30-11-16-22-14-8-5-4-7-13(14)18(27)23-16/h4-10,12H,3,11H2,1-2H3,(H,21,28)(H,22,23,27)/t12-/m0/s1. The lowest BCUT2D eigenvalue weighted by Crippen LogP contribution is -2.28. The van der Waals surface area contributed by atoms with Gasteiger partial charge in [0, 0.05) is 6.54 Å². The normalized spacial score (nSPS) is 12.2. The SMILES string of the molecule is CCn1c(SCc2nc3ccccc3c(=O)[nH]2)nnc1[C@H](C)NC(=O)c1ccco1. The van der Waals surface area contributed by atoms with Crippen molar-refractivity contribution in [2.24, 2.45) is 0 Å². The molecule has 3 aromatic heterocycles. The number of carbonyl (C=O) groups is 1. The van der Waals surface area contributed by atoms with Gasteiger partial charge in [-0.1, -0.05) is 23.9 Å². The zero-order chi connectivity index (χ0) is 21.1. The van der Waals surface area contributed by atoms with Gasteiger partial charge < -0.3 is 19.3 Å². The fraction of sp³-hybridized carbons (Fsp3) is 0.250. The Morgan fingerprint density at radius 3 is 2.87 bits per heavy atom. The van der Waals surface area contributed by atoms with Crippen LogP contribution in [0.25, 0.3) is 10.9 Å². The van der Waals surface area contributed by atoms with E-state index in [-0.39, 0.29) is 23.3 Å². The molecule has 154 valence electrons. The molecule has 0 aliphatic rings. The molecule has 4 aromatic rings. The van der Waals surface area contributed by atoms with Gasteiger partial charge in [0.2, 0.25) is 0 Å². The number of hydrogen-bond acceptors (Lipinski definition) is 7. The number of H-pyrrole nitrogens is 1. The van der Waals surface area contributed by atoms with Crippen molar-refractivity contribution in [3.8, 4) is 0 Å². The first-order chi connectivity index (χ1) is 14.6. The minimum atomic E-state index is -0.358. The Balaban J connectivity index is 1.50. The van der Waals surface area contributed by atoms with Crippen molar-refractivity contribution in [3.05, 3.63) is 70.4 Å². The zero-order valence-corrected chi connectivity index (χ0v) is 17.3. The molecule has 0 unspecified atom stereocenters. The Morgan fingerprint density at radius 1 is 1.27 bits per heavy atom. The fourth-order valence-corrected chi connectivity index (χ4v) is 3.98. The average Bonchev–Trinajstić information content (AvgIpc) is 3.42. The van der Waals surface area contributed by atoms with E-state index in [1.807, 2.05) is 36.6 Å². The van der Waals surface area contributed by atoms with E-state index < -0.39 is 0 Å². The van der Waals surface area contributed by atoms with Crippen molar-refractivity contribution in [2.75, 3.05) is 0 Å². The summed E-state index contributed by atoms with van der Waals surface area (Å²) in [5, 5.41) is 12.6. The van der Waals surface area contributed by atoms with Crippen molar-refractivity contribution in [2.45, 2.75) is 37.3 Å². The number of hydrogen-bond donors (Lipinski definition) is 2. The van der Waals surface area contributed by atoms with E-state index in [1.165, 1.54) is 18.0 Å². The summed E-state index contributed by atoms with van der Waals surface area (Å²) in [5.41, 5.74) is 0.492. The second-order valence-electron chi connectivity index (χ2n) is 6.58. The van der Waals surface area contributed by atoms with Crippen LogP contribution in [0.5, 0.6) is 0 Å². The number of aromatic nitrogens is 5. The van der Waals surface area contributed by atoms with Gasteiger partial charge >= 0.3 is 0 Å². The average molecular weight is 424 g/mol. The molecule has 9 nitrogen and oxygen atoms in total. The number of para-hydroxylation sites is 1. The third-order valence-electron chi connectivity index (χ3n) is 4.54. The summed E-state index contributed by atoms with van der Waals surface area (Å²) in [6.45, 7) is 4.45. The number of benzene rings is 1.